The number of phenolic OH excluding ortho intramolecular Hbond substituents is 1. The summed E-state index contributed by atoms with van der Waals surface area (Å²) in [6, 6.07) is 10.7. The third kappa shape index (κ3) is 6.86. The lowest BCUT2D eigenvalue weighted by Crippen LogP contribution is -2.53. The number of alkyl halides is 6. The number of carbonyl (C=O) groups is 4. The number of hydrogen-bond donors (Lipinski definition) is 2. The van der Waals surface area contributed by atoms with Gasteiger partial charge in [-0.2, -0.15) is 36.4 Å². The lowest BCUT2D eigenvalue weighted by atomic mass is 9.49. The number of methoxy groups -OCH3 is 2. The summed E-state index contributed by atoms with van der Waals surface area (Å²) in [6.45, 7) is 0. The Morgan fingerprint density at radius 1 is 0.873 bits per heavy atom. The lowest BCUT2D eigenvalue weighted by molar-refractivity contribution is -0.142. The van der Waals surface area contributed by atoms with Gasteiger partial charge in [0, 0.05) is 41.9 Å². The van der Waals surface area contributed by atoms with Crippen LogP contribution in [0.2, 0.25) is 15.1 Å². The minimum Gasteiger partial charge on any atom is -0.507 e. The monoisotopic (exact) mass is 938 g/mol. The van der Waals surface area contributed by atoms with Crippen LogP contribution in [0.4, 0.5) is 38.0 Å². The Hall–Kier alpha value is -5.79. The highest BCUT2D eigenvalue weighted by Gasteiger charge is 2.71. The molecule has 0 spiro atoms. The molecule has 4 amide bonds. The van der Waals surface area contributed by atoms with Gasteiger partial charge in [-0.05, 0) is 54.7 Å². The van der Waals surface area contributed by atoms with E-state index in [0.717, 1.165) is 18.1 Å². The number of rotatable bonds is 8. The maximum atomic E-state index is 15.5. The van der Waals surface area contributed by atoms with Gasteiger partial charge in [0.25, 0.3) is 23.6 Å². The fraction of sp³-hybridized carbons (Fsp3) is 0.317. The van der Waals surface area contributed by atoms with Crippen LogP contribution in [-0.4, -0.2) is 70.0 Å². The van der Waals surface area contributed by atoms with Crippen molar-refractivity contribution in [2.24, 2.45) is 23.7 Å². The van der Waals surface area contributed by atoms with E-state index in [9.17, 15) is 41.0 Å². The van der Waals surface area contributed by atoms with E-state index in [1.165, 1.54) is 50.6 Å². The molecule has 4 heterocycles. The predicted molar refractivity (Wildman–Crippen MR) is 213 cm³/mol. The molecule has 4 aliphatic rings. The molecule has 0 radical (unpaired) electrons. The second-order valence-corrected chi connectivity index (χ2v) is 16.4. The molecule has 8 rings (SSSR count). The van der Waals surface area contributed by atoms with E-state index in [1.54, 1.807) is 6.08 Å². The Balaban J connectivity index is 1.32. The van der Waals surface area contributed by atoms with Gasteiger partial charge in [0.05, 0.1) is 53.0 Å². The van der Waals surface area contributed by atoms with Crippen molar-refractivity contribution in [1.82, 2.24) is 20.0 Å². The Morgan fingerprint density at radius 3 is 2.19 bits per heavy atom. The minimum atomic E-state index is -4.91. The van der Waals surface area contributed by atoms with E-state index in [-0.39, 0.29) is 45.5 Å². The number of ether oxygens (including phenoxy) is 2. The van der Waals surface area contributed by atoms with Crippen molar-refractivity contribution in [3.05, 3.63) is 110 Å². The summed E-state index contributed by atoms with van der Waals surface area (Å²) in [5.74, 6) is -11.4. The van der Waals surface area contributed by atoms with Crippen LogP contribution < -0.4 is 19.9 Å². The van der Waals surface area contributed by atoms with Gasteiger partial charge in [-0.1, -0.05) is 58.6 Å². The third-order valence-electron chi connectivity index (χ3n) is 12.1. The molecule has 2 aliphatic carbocycles. The Bertz CT molecular complexity index is 2630. The van der Waals surface area contributed by atoms with Gasteiger partial charge in [-0.15, -0.1) is 0 Å². The van der Waals surface area contributed by atoms with Gasteiger partial charge >= 0.3 is 12.4 Å². The number of amides is 4. The summed E-state index contributed by atoms with van der Waals surface area (Å²) in [5.41, 5.74) is -1.62. The minimum absolute atomic E-state index is 0.0211. The summed E-state index contributed by atoms with van der Waals surface area (Å²) in [5, 5.41) is 13.3. The number of nitrogens with zero attached hydrogens (tertiary/aromatic N) is 5. The van der Waals surface area contributed by atoms with Crippen LogP contribution >= 0.6 is 34.8 Å². The van der Waals surface area contributed by atoms with Gasteiger partial charge in [0.1, 0.15) is 22.9 Å². The highest BCUT2D eigenvalue weighted by atomic mass is 35.5. The number of imide groups is 2. The molecule has 0 bridgehead atoms. The standard InChI is InChI=1S/C41H31Cl3F6N6O7/c1-54(34-25(43)10-11-29(52-34)41(48,49)50)56-35(58)22-9-8-21-23(30(22)37(56)60)15-24-36(59)55(53-33-26(44)12-18(16-51-33)40(45,46)47)38(61)39(24,17-4-6-19(42)7-5-17)32(21)31-27(57)13-20(62-2)14-28(31)63-3/h4-8,10-14,16,22-24,30,32,57H,9,15H2,1-3H3,(H,51,53)/t22-,23+,24-,30-,32+,39+/m0/s1. The van der Waals surface area contributed by atoms with Gasteiger partial charge < -0.3 is 14.6 Å². The number of fused-ring (bicyclic) bond motifs is 4. The summed E-state index contributed by atoms with van der Waals surface area (Å²) >= 11 is 18.9. The first kappa shape index (κ1) is 43.8. The Labute approximate surface area is 368 Å². The average Bonchev–Trinajstić information content (AvgIpc) is 3.61. The first-order valence-electron chi connectivity index (χ1n) is 18.8. The molecule has 2 aliphatic heterocycles. The molecule has 330 valence electrons. The number of hydrazine groups is 2. The van der Waals surface area contributed by atoms with E-state index < -0.39 is 105 Å². The number of allylic oxidation sites excluding steroid dienone is 2. The molecule has 63 heavy (non-hydrogen) atoms. The van der Waals surface area contributed by atoms with Crippen LogP contribution in [-0.2, 0) is 36.9 Å². The van der Waals surface area contributed by atoms with Gasteiger partial charge in [-0.3, -0.25) is 29.6 Å². The Morgan fingerprint density at radius 2 is 1.57 bits per heavy atom. The van der Waals surface area contributed by atoms with Crippen molar-refractivity contribution in [2.45, 2.75) is 36.5 Å². The molecule has 0 unspecified atom stereocenters. The van der Waals surface area contributed by atoms with Gasteiger partial charge in [0.15, 0.2) is 11.6 Å². The predicted octanol–water partition coefficient (Wildman–Crippen LogP) is 8.23. The van der Waals surface area contributed by atoms with E-state index in [1.807, 2.05) is 0 Å². The second-order valence-electron chi connectivity index (χ2n) is 15.2. The van der Waals surface area contributed by atoms with Crippen molar-refractivity contribution >= 4 is 70.1 Å². The van der Waals surface area contributed by atoms with E-state index in [2.05, 4.69) is 15.4 Å². The Kier molecular flexibility index (Phi) is 10.8. The molecule has 2 aromatic carbocycles. The number of nitrogens with one attached hydrogen (secondary N) is 1. The van der Waals surface area contributed by atoms with E-state index in [0.29, 0.717) is 33.9 Å². The largest absolute Gasteiger partial charge is 0.507 e. The van der Waals surface area contributed by atoms with Gasteiger partial charge in [0.2, 0.25) is 0 Å². The normalized spacial score (nSPS) is 24.5. The van der Waals surface area contributed by atoms with Crippen LogP contribution in [0.15, 0.2) is 72.4 Å². The number of aromatic nitrogens is 2. The zero-order chi connectivity index (χ0) is 45.7. The highest BCUT2D eigenvalue weighted by molar-refractivity contribution is 6.33. The molecule has 4 aromatic rings. The lowest BCUT2D eigenvalue weighted by Gasteiger charge is -2.50. The molecule has 2 aromatic heterocycles. The van der Waals surface area contributed by atoms with Crippen molar-refractivity contribution in [3.8, 4) is 17.2 Å². The molecule has 13 nitrogen and oxygen atoms in total. The zero-order valence-electron chi connectivity index (χ0n) is 32.7. The van der Waals surface area contributed by atoms with Crippen LogP contribution in [0.25, 0.3) is 0 Å². The number of pyridine rings is 2. The number of benzene rings is 2. The van der Waals surface area contributed by atoms with Crippen molar-refractivity contribution in [1.29, 1.82) is 0 Å². The molecule has 3 fully saturated rings. The fourth-order valence-electron chi connectivity index (χ4n) is 9.45. The summed E-state index contributed by atoms with van der Waals surface area (Å²) < 4.78 is 93.2. The SMILES string of the molecule is COc1cc(O)c([C@H]2C3=CC[C@@H]4C(=O)N(N(C)c5nc(C(F)(F)F)ccc5Cl)C(=O)[C@@H]4[C@@H]3C[C@H]3C(=O)N(Nc4ncc(C(F)(F)F)cc4Cl)C(=O)[C@@]23c2ccc(Cl)cc2)c(OC)c1. The molecule has 2 N–H and O–H groups in total. The quantitative estimate of drug-likeness (QED) is 0.0998. The van der Waals surface area contributed by atoms with Crippen molar-refractivity contribution in [2.75, 3.05) is 31.7 Å². The number of phenols is 1. The summed E-state index contributed by atoms with van der Waals surface area (Å²) in [6.07, 6.45) is -8.13. The summed E-state index contributed by atoms with van der Waals surface area (Å²) in [4.78, 5) is 66.9. The zero-order valence-corrected chi connectivity index (χ0v) is 35.0. The highest BCUT2D eigenvalue weighted by Crippen LogP contribution is 2.66. The number of hydrogen-bond acceptors (Lipinski definition) is 11. The average molecular weight is 940 g/mol. The molecule has 2 saturated heterocycles. The number of halogens is 9. The number of aromatic hydroxyl groups is 1. The number of carbonyl (C=O) groups excluding carboxylic acids is 4. The maximum absolute atomic E-state index is 15.5. The second kappa shape index (κ2) is 15.5. The molecular weight excluding hydrogens is 909 g/mol. The van der Waals surface area contributed by atoms with Gasteiger partial charge in [-0.25, -0.2) is 9.97 Å². The third-order valence-corrected chi connectivity index (χ3v) is 12.9. The maximum Gasteiger partial charge on any atom is 0.433 e. The smallest absolute Gasteiger partial charge is 0.433 e. The van der Waals surface area contributed by atoms with Crippen LogP contribution in [0.5, 0.6) is 17.2 Å². The molecule has 6 atom stereocenters. The van der Waals surface area contributed by atoms with E-state index in [4.69, 9.17) is 44.3 Å². The molecular formula is C41H31Cl3F6N6O7. The van der Waals surface area contributed by atoms with Crippen LogP contribution in [0.1, 0.15) is 41.1 Å². The van der Waals surface area contributed by atoms with Crippen molar-refractivity contribution < 1.29 is 60.1 Å². The molecule has 1 saturated carbocycles. The number of anilines is 2. The van der Waals surface area contributed by atoms with Crippen molar-refractivity contribution in [3.63, 3.8) is 0 Å². The fourth-order valence-corrected chi connectivity index (χ4v) is 10.0. The van der Waals surface area contributed by atoms with E-state index >= 15 is 9.59 Å². The summed E-state index contributed by atoms with van der Waals surface area (Å²) in [7, 11) is 3.76. The van der Waals surface area contributed by atoms with Crippen LogP contribution in [0, 0.1) is 23.7 Å². The first-order valence-corrected chi connectivity index (χ1v) is 19.9. The first-order chi connectivity index (χ1) is 29.6. The topological polar surface area (TPSA) is 154 Å². The van der Waals surface area contributed by atoms with Crippen LogP contribution in [0.3, 0.4) is 0 Å². The molecule has 22 heteroatoms.